The number of nitrogens with zero attached hydrogens (tertiary/aromatic N) is 1. The van der Waals surface area contributed by atoms with E-state index in [1.165, 1.54) is 6.07 Å². The Bertz CT molecular complexity index is 1220. The van der Waals surface area contributed by atoms with E-state index >= 15 is 0 Å². The van der Waals surface area contributed by atoms with Crippen LogP contribution in [0.2, 0.25) is 10.0 Å². The molecular formula is C24H15Cl2NO3. The molecule has 0 saturated carbocycles. The van der Waals surface area contributed by atoms with E-state index in [4.69, 9.17) is 23.2 Å². The Kier molecular flexibility index (Phi) is 3.59. The van der Waals surface area contributed by atoms with Crippen molar-refractivity contribution in [1.29, 1.82) is 0 Å². The van der Waals surface area contributed by atoms with Gasteiger partial charge in [-0.25, -0.2) is 4.90 Å². The van der Waals surface area contributed by atoms with Gasteiger partial charge in [0.25, 0.3) is 0 Å². The van der Waals surface area contributed by atoms with Gasteiger partial charge in [-0.3, -0.25) is 9.59 Å². The predicted octanol–water partition coefficient (Wildman–Crippen LogP) is 4.49. The van der Waals surface area contributed by atoms with E-state index in [1.807, 2.05) is 48.5 Å². The number of hydrogen-bond acceptors (Lipinski definition) is 3. The number of anilines is 1. The first-order chi connectivity index (χ1) is 14.4. The van der Waals surface area contributed by atoms with E-state index in [0.29, 0.717) is 16.1 Å². The summed E-state index contributed by atoms with van der Waals surface area (Å²) in [4.78, 5) is 28.4. The Morgan fingerprint density at radius 1 is 0.833 bits per heavy atom. The number of aliphatic hydroxyl groups is 1. The van der Waals surface area contributed by atoms with Crippen LogP contribution in [0.4, 0.5) is 5.69 Å². The molecular weight excluding hydrogens is 421 g/mol. The first-order valence-corrected chi connectivity index (χ1v) is 10.4. The molecule has 4 aliphatic rings. The van der Waals surface area contributed by atoms with E-state index < -0.39 is 23.3 Å². The maximum atomic E-state index is 13.7. The lowest BCUT2D eigenvalue weighted by molar-refractivity contribution is -0.133. The Balaban J connectivity index is 1.63. The molecule has 1 saturated heterocycles. The van der Waals surface area contributed by atoms with Gasteiger partial charge in [0.1, 0.15) is 5.60 Å². The highest BCUT2D eigenvalue weighted by Crippen LogP contribution is 2.63. The summed E-state index contributed by atoms with van der Waals surface area (Å²) in [5.41, 5.74) is 1.83. The first-order valence-electron chi connectivity index (χ1n) is 9.68. The van der Waals surface area contributed by atoms with Crippen LogP contribution in [0.15, 0.2) is 66.7 Å². The average Bonchev–Trinajstić information content (AvgIpc) is 3.02. The highest BCUT2D eigenvalue weighted by atomic mass is 35.5. The molecule has 0 spiro atoms. The first kappa shape index (κ1) is 18.1. The fourth-order valence-electron chi connectivity index (χ4n) is 5.63. The molecule has 3 aromatic rings. The zero-order chi connectivity index (χ0) is 20.8. The van der Waals surface area contributed by atoms with Crippen LogP contribution in [0.5, 0.6) is 0 Å². The summed E-state index contributed by atoms with van der Waals surface area (Å²) in [5.74, 6) is -2.75. The second-order valence-corrected chi connectivity index (χ2v) is 8.87. The van der Waals surface area contributed by atoms with Crippen LogP contribution >= 0.6 is 23.2 Å². The maximum Gasteiger partial charge on any atom is 0.241 e. The van der Waals surface area contributed by atoms with E-state index in [-0.39, 0.29) is 22.5 Å². The molecule has 7 rings (SSSR count). The van der Waals surface area contributed by atoms with Gasteiger partial charge in [0, 0.05) is 10.9 Å². The molecule has 1 heterocycles. The lowest BCUT2D eigenvalue weighted by Crippen LogP contribution is -2.53. The second-order valence-electron chi connectivity index (χ2n) is 8.03. The Hall–Kier alpha value is -2.66. The molecule has 148 valence electrons. The molecule has 3 aliphatic carbocycles. The fraction of sp³-hybridized carbons (Fsp3) is 0.167. The third-order valence-electron chi connectivity index (χ3n) is 6.72. The molecule has 2 atom stereocenters. The van der Waals surface area contributed by atoms with Crippen molar-refractivity contribution < 1.29 is 14.7 Å². The van der Waals surface area contributed by atoms with Crippen molar-refractivity contribution in [2.75, 3.05) is 4.90 Å². The second kappa shape index (κ2) is 5.94. The van der Waals surface area contributed by atoms with Crippen molar-refractivity contribution in [3.63, 3.8) is 0 Å². The predicted molar refractivity (Wildman–Crippen MR) is 114 cm³/mol. The number of carbonyl (C=O) groups excluding carboxylic acids is 2. The van der Waals surface area contributed by atoms with E-state index in [0.717, 1.165) is 16.0 Å². The summed E-state index contributed by atoms with van der Waals surface area (Å²) >= 11 is 12.5. The van der Waals surface area contributed by atoms with Gasteiger partial charge in [-0.15, -0.1) is 0 Å². The molecule has 2 bridgehead atoms. The molecule has 0 aromatic heterocycles. The lowest BCUT2D eigenvalue weighted by Gasteiger charge is -2.51. The van der Waals surface area contributed by atoms with Crippen molar-refractivity contribution >= 4 is 40.7 Å². The SMILES string of the molecule is O=C1C2C3c4ccccc4C(O)(c4ccccc43)C2C(=O)N1c1cc(Cl)ccc1Cl. The summed E-state index contributed by atoms with van der Waals surface area (Å²) in [5, 5.41) is 12.7. The Morgan fingerprint density at radius 2 is 1.43 bits per heavy atom. The molecule has 2 amide bonds. The van der Waals surface area contributed by atoms with Gasteiger partial charge in [-0.1, -0.05) is 71.7 Å². The quantitative estimate of drug-likeness (QED) is 0.572. The van der Waals surface area contributed by atoms with Crippen molar-refractivity contribution in [1.82, 2.24) is 0 Å². The van der Waals surface area contributed by atoms with Gasteiger partial charge >= 0.3 is 0 Å². The fourth-order valence-corrected chi connectivity index (χ4v) is 5.99. The minimum absolute atomic E-state index is 0.254. The van der Waals surface area contributed by atoms with Gasteiger partial charge < -0.3 is 5.11 Å². The van der Waals surface area contributed by atoms with Crippen LogP contribution in [-0.2, 0) is 15.2 Å². The summed E-state index contributed by atoms with van der Waals surface area (Å²) in [6, 6.07) is 19.7. The lowest BCUT2D eigenvalue weighted by atomic mass is 9.52. The number of imide groups is 1. The Labute approximate surface area is 182 Å². The van der Waals surface area contributed by atoms with Gasteiger partial charge in [0.15, 0.2) is 0 Å². The molecule has 1 aliphatic heterocycles. The highest BCUT2D eigenvalue weighted by Gasteiger charge is 2.68. The monoisotopic (exact) mass is 435 g/mol. The smallest absolute Gasteiger partial charge is 0.241 e. The van der Waals surface area contributed by atoms with Crippen molar-refractivity contribution in [3.8, 4) is 0 Å². The van der Waals surface area contributed by atoms with Crippen molar-refractivity contribution in [2.24, 2.45) is 11.8 Å². The van der Waals surface area contributed by atoms with E-state index in [2.05, 4.69) is 0 Å². The van der Waals surface area contributed by atoms with Crippen LogP contribution < -0.4 is 4.90 Å². The molecule has 3 aromatic carbocycles. The molecule has 6 heteroatoms. The van der Waals surface area contributed by atoms with Crippen LogP contribution in [0.1, 0.15) is 28.2 Å². The topological polar surface area (TPSA) is 57.6 Å². The average molecular weight is 436 g/mol. The maximum absolute atomic E-state index is 13.7. The highest BCUT2D eigenvalue weighted by molar-refractivity contribution is 6.38. The molecule has 1 fully saturated rings. The number of hydrogen-bond donors (Lipinski definition) is 1. The van der Waals surface area contributed by atoms with Gasteiger partial charge in [0.2, 0.25) is 11.8 Å². The van der Waals surface area contributed by atoms with Gasteiger partial charge in [0.05, 0.1) is 22.5 Å². The molecule has 2 unspecified atom stereocenters. The summed E-state index contributed by atoms with van der Waals surface area (Å²) in [6.45, 7) is 0. The summed E-state index contributed by atoms with van der Waals surface area (Å²) < 4.78 is 0. The van der Waals surface area contributed by atoms with Crippen molar-refractivity contribution in [2.45, 2.75) is 11.5 Å². The zero-order valence-corrected chi connectivity index (χ0v) is 17.1. The van der Waals surface area contributed by atoms with Crippen LogP contribution in [0.3, 0.4) is 0 Å². The van der Waals surface area contributed by atoms with Crippen LogP contribution in [-0.4, -0.2) is 16.9 Å². The molecule has 1 N–H and O–H groups in total. The largest absolute Gasteiger partial charge is 0.379 e. The van der Waals surface area contributed by atoms with Gasteiger partial charge in [-0.05, 0) is 40.5 Å². The number of halogens is 2. The van der Waals surface area contributed by atoms with Gasteiger partial charge in [-0.2, -0.15) is 0 Å². The number of rotatable bonds is 1. The zero-order valence-electron chi connectivity index (χ0n) is 15.5. The molecule has 0 radical (unpaired) electrons. The minimum atomic E-state index is -1.58. The standard InChI is InChI=1S/C24H15Cl2NO3/c25-12-9-10-17(26)18(11-12)27-22(28)20-19-13-5-1-3-7-15(13)24(30,21(20)23(27)29)16-8-4-2-6-14(16)19/h1-11,19-21,30H. The third kappa shape index (κ3) is 2.01. The van der Waals surface area contributed by atoms with Crippen LogP contribution in [0.25, 0.3) is 0 Å². The normalized spacial score (nSPS) is 28.4. The minimum Gasteiger partial charge on any atom is -0.379 e. The number of carbonyl (C=O) groups is 2. The summed E-state index contributed by atoms with van der Waals surface area (Å²) in [6.07, 6.45) is 0. The molecule has 4 nitrogen and oxygen atoms in total. The van der Waals surface area contributed by atoms with E-state index in [9.17, 15) is 14.7 Å². The number of benzene rings is 3. The summed E-state index contributed by atoms with van der Waals surface area (Å²) in [7, 11) is 0. The number of amides is 2. The molecule has 30 heavy (non-hydrogen) atoms. The van der Waals surface area contributed by atoms with Crippen LogP contribution in [0, 0.1) is 11.8 Å². The third-order valence-corrected chi connectivity index (χ3v) is 7.28. The Morgan fingerprint density at radius 3 is 2.07 bits per heavy atom. The van der Waals surface area contributed by atoms with E-state index in [1.54, 1.807) is 12.1 Å². The van der Waals surface area contributed by atoms with Crippen molar-refractivity contribution in [3.05, 3.63) is 99.0 Å².